The van der Waals surface area contributed by atoms with Crippen LogP contribution in [0.4, 0.5) is 0 Å². The molecular weight excluding hydrogens is 480 g/mol. The lowest BCUT2D eigenvalue weighted by Gasteiger charge is -2.17. The van der Waals surface area contributed by atoms with Crippen LogP contribution in [0.25, 0.3) is 0 Å². The minimum absolute atomic E-state index is 0.175. The van der Waals surface area contributed by atoms with Crippen molar-refractivity contribution in [2.75, 3.05) is 6.61 Å². The summed E-state index contributed by atoms with van der Waals surface area (Å²) in [6.45, 7) is 1.67. The van der Waals surface area contributed by atoms with Crippen LogP contribution in [0.5, 0.6) is 0 Å². The van der Waals surface area contributed by atoms with E-state index in [0.29, 0.717) is 6.42 Å². The van der Waals surface area contributed by atoms with Crippen LogP contribution in [0, 0.1) is 0 Å². The normalized spacial score (nSPS) is 16.9. The number of unbranched alkanes of at least 4 members (excludes halogenated alkanes) is 14. The van der Waals surface area contributed by atoms with Gasteiger partial charge >= 0.3 is 22.3 Å². The minimum atomic E-state index is -5.06. The molecule has 0 aliphatic carbocycles. The summed E-state index contributed by atoms with van der Waals surface area (Å²) in [4.78, 5) is 23.4. The first-order valence-electron chi connectivity index (χ1n) is 12.8. The highest BCUT2D eigenvalue weighted by Gasteiger charge is 2.42. The van der Waals surface area contributed by atoms with Crippen LogP contribution in [0.3, 0.4) is 0 Å². The van der Waals surface area contributed by atoms with Gasteiger partial charge in [0.1, 0.15) is 12.7 Å². The van der Waals surface area contributed by atoms with Crippen molar-refractivity contribution in [2.24, 2.45) is 0 Å². The molecule has 0 aromatic carbocycles. The first-order chi connectivity index (χ1) is 16.7. The van der Waals surface area contributed by atoms with Crippen LogP contribution in [0.15, 0.2) is 11.5 Å². The molecule has 1 aliphatic rings. The van der Waals surface area contributed by atoms with Crippen LogP contribution in [-0.2, 0) is 33.6 Å². The third kappa shape index (κ3) is 14.3. The van der Waals surface area contributed by atoms with E-state index in [9.17, 15) is 28.2 Å². The standard InChI is InChI=1S/C24H42O10S/c1-2-3-4-5-6-7-8-9-10-11-12-13-14-15-16-17-20(26)32-18-19(25)22-21(27)23(24(28)33-22)34-35(29,30)31/h19,22,25,27H,2-18H2,1H3,(H,29,30,31)/t19-,22+/m0/s1. The molecule has 0 aromatic rings. The van der Waals surface area contributed by atoms with Gasteiger partial charge in [0.05, 0.1) is 0 Å². The lowest BCUT2D eigenvalue weighted by molar-refractivity contribution is -0.154. The molecule has 11 heteroatoms. The van der Waals surface area contributed by atoms with Crippen molar-refractivity contribution in [3.05, 3.63) is 11.5 Å². The molecule has 0 radical (unpaired) electrons. The first-order valence-corrected chi connectivity index (χ1v) is 14.2. The third-order valence-corrected chi connectivity index (χ3v) is 6.24. The lowest BCUT2D eigenvalue weighted by atomic mass is 10.0. The van der Waals surface area contributed by atoms with E-state index in [4.69, 9.17) is 9.29 Å². The number of aliphatic hydroxyl groups excluding tert-OH is 2. The quantitative estimate of drug-likeness (QED) is 0.110. The van der Waals surface area contributed by atoms with Crippen molar-refractivity contribution in [1.29, 1.82) is 0 Å². The largest absolute Gasteiger partial charge is 0.505 e. The fourth-order valence-corrected chi connectivity index (χ4v) is 4.24. The third-order valence-electron chi connectivity index (χ3n) is 5.86. The van der Waals surface area contributed by atoms with E-state index in [-0.39, 0.29) is 6.42 Å². The summed E-state index contributed by atoms with van der Waals surface area (Å²) in [5.41, 5.74) is 0. The zero-order valence-corrected chi connectivity index (χ0v) is 21.6. The molecule has 35 heavy (non-hydrogen) atoms. The molecule has 3 N–H and O–H groups in total. The summed E-state index contributed by atoms with van der Waals surface area (Å²) in [7, 11) is -5.06. The number of carbonyl (C=O) groups is 2. The van der Waals surface area contributed by atoms with Crippen LogP contribution in [0.1, 0.15) is 110 Å². The Kier molecular flexibility index (Phi) is 15.6. The molecule has 0 spiro atoms. The van der Waals surface area contributed by atoms with E-state index < -0.39 is 52.7 Å². The zero-order valence-electron chi connectivity index (χ0n) is 20.8. The van der Waals surface area contributed by atoms with Crippen molar-refractivity contribution in [3.63, 3.8) is 0 Å². The van der Waals surface area contributed by atoms with Crippen molar-refractivity contribution in [2.45, 2.75) is 122 Å². The second-order valence-corrected chi connectivity index (χ2v) is 10.0. The summed E-state index contributed by atoms with van der Waals surface area (Å²) < 4.78 is 43.5. The maximum atomic E-state index is 11.8. The molecule has 2 atom stereocenters. The topological polar surface area (TPSA) is 157 Å². The van der Waals surface area contributed by atoms with Gasteiger partial charge in [-0.15, -0.1) is 0 Å². The number of esters is 2. The van der Waals surface area contributed by atoms with Gasteiger partial charge in [-0.1, -0.05) is 96.8 Å². The second-order valence-electron chi connectivity index (χ2n) is 9.00. The van der Waals surface area contributed by atoms with Crippen molar-refractivity contribution in [3.8, 4) is 0 Å². The number of aliphatic hydroxyl groups is 2. The van der Waals surface area contributed by atoms with Gasteiger partial charge in [-0.3, -0.25) is 9.35 Å². The zero-order chi connectivity index (χ0) is 26.1. The number of hydrogen-bond donors (Lipinski definition) is 3. The van der Waals surface area contributed by atoms with E-state index in [1.165, 1.54) is 70.6 Å². The molecule has 1 rings (SSSR count). The average Bonchev–Trinajstić information content (AvgIpc) is 3.07. The van der Waals surface area contributed by atoms with Gasteiger partial charge in [-0.25, -0.2) is 4.79 Å². The van der Waals surface area contributed by atoms with Gasteiger partial charge in [0, 0.05) is 6.42 Å². The molecule has 0 saturated heterocycles. The van der Waals surface area contributed by atoms with Crippen LogP contribution >= 0.6 is 0 Å². The maximum Gasteiger partial charge on any atom is 0.446 e. The Bertz CT molecular complexity index is 762. The Morgan fingerprint density at radius 2 is 1.37 bits per heavy atom. The number of ether oxygens (including phenoxy) is 2. The first kappa shape index (κ1) is 31.2. The predicted octanol–water partition coefficient (Wildman–Crippen LogP) is 4.67. The summed E-state index contributed by atoms with van der Waals surface area (Å²) >= 11 is 0. The van der Waals surface area contributed by atoms with Crippen molar-refractivity contribution >= 4 is 22.3 Å². The minimum Gasteiger partial charge on any atom is -0.505 e. The average molecular weight is 523 g/mol. The van der Waals surface area contributed by atoms with E-state index in [0.717, 1.165) is 19.3 Å². The van der Waals surface area contributed by atoms with Gasteiger partial charge < -0.3 is 23.9 Å². The molecule has 0 amide bonds. The predicted molar refractivity (Wildman–Crippen MR) is 129 cm³/mol. The summed E-state index contributed by atoms with van der Waals surface area (Å²) in [5.74, 6) is -4.09. The number of hydrogen-bond acceptors (Lipinski definition) is 9. The van der Waals surface area contributed by atoms with Crippen LogP contribution < -0.4 is 0 Å². The molecule has 0 unspecified atom stereocenters. The molecule has 0 aromatic heterocycles. The van der Waals surface area contributed by atoms with Gasteiger partial charge in [-0.2, -0.15) is 8.42 Å². The molecule has 204 valence electrons. The van der Waals surface area contributed by atoms with Crippen molar-refractivity contribution in [1.82, 2.24) is 0 Å². The fourth-order valence-electron chi connectivity index (χ4n) is 3.88. The Labute approximate surface area is 209 Å². The molecular formula is C24H42O10S. The van der Waals surface area contributed by atoms with E-state index in [1.54, 1.807) is 0 Å². The number of rotatable bonds is 21. The van der Waals surface area contributed by atoms with E-state index >= 15 is 0 Å². The summed E-state index contributed by atoms with van der Waals surface area (Å²) in [6, 6.07) is 0. The Morgan fingerprint density at radius 1 is 0.914 bits per heavy atom. The summed E-state index contributed by atoms with van der Waals surface area (Å²) in [5, 5.41) is 19.8. The number of cyclic esters (lactones) is 1. The lowest BCUT2D eigenvalue weighted by Crippen LogP contribution is -2.33. The highest BCUT2D eigenvalue weighted by atomic mass is 32.3. The molecule has 1 aliphatic heterocycles. The van der Waals surface area contributed by atoms with E-state index in [1.807, 2.05) is 0 Å². The number of carbonyl (C=O) groups excluding carboxylic acids is 2. The van der Waals surface area contributed by atoms with Gasteiger partial charge in [0.2, 0.25) is 0 Å². The smallest absolute Gasteiger partial charge is 0.446 e. The van der Waals surface area contributed by atoms with Crippen LogP contribution in [-0.4, -0.2) is 53.9 Å². The van der Waals surface area contributed by atoms with Crippen molar-refractivity contribution < 1.29 is 46.4 Å². The monoisotopic (exact) mass is 522 g/mol. The Hall–Kier alpha value is -1.85. The summed E-state index contributed by atoms with van der Waals surface area (Å²) in [6.07, 6.45) is 15.1. The maximum absolute atomic E-state index is 11.8. The highest BCUT2D eigenvalue weighted by molar-refractivity contribution is 7.81. The van der Waals surface area contributed by atoms with Gasteiger partial charge in [-0.05, 0) is 6.42 Å². The Morgan fingerprint density at radius 3 is 1.83 bits per heavy atom. The van der Waals surface area contributed by atoms with Gasteiger partial charge in [0.15, 0.2) is 11.9 Å². The molecule has 0 fully saturated rings. The molecule has 1 heterocycles. The Balaban J connectivity index is 2.03. The highest BCUT2D eigenvalue weighted by Crippen LogP contribution is 2.25. The second kappa shape index (κ2) is 17.6. The molecule has 0 bridgehead atoms. The SMILES string of the molecule is CCCCCCCCCCCCCCCCCC(=O)OC[C@H](O)[C@H]1OC(=O)C(OS(=O)(=O)O)=C1O. The fraction of sp³-hybridized carbons (Fsp3) is 0.833. The van der Waals surface area contributed by atoms with E-state index in [2.05, 4.69) is 15.8 Å². The molecule has 10 nitrogen and oxygen atoms in total. The molecule has 0 saturated carbocycles. The van der Waals surface area contributed by atoms with Crippen LogP contribution in [0.2, 0.25) is 0 Å². The van der Waals surface area contributed by atoms with Gasteiger partial charge in [0.25, 0.3) is 5.76 Å².